The Balaban J connectivity index is 1.52. The van der Waals surface area contributed by atoms with E-state index < -0.39 is 0 Å². The van der Waals surface area contributed by atoms with Crippen LogP contribution in [0, 0.1) is 0 Å². The van der Waals surface area contributed by atoms with Crippen molar-refractivity contribution >= 4 is 33.1 Å². The first-order valence-corrected chi connectivity index (χ1v) is 11.4. The largest absolute Gasteiger partial charge is 0.398 e. The maximum atomic E-state index is 6.15. The van der Waals surface area contributed by atoms with Gasteiger partial charge in [-0.1, -0.05) is 121 Å². The van der Waals surface area contributed by atoms with Crippen molar-refractivity contribution in [2.24, 2.45) is 0 Å². The van der Waals surface area contributed by atoms with Gasteiger partial charge in [0, 0.05) is 15.5 Å². The van der Waals surface area contributed by atoms with E-state index in [-0.39, 0.29) is 0 Å². The topological polar surface area (TPSA) is 26.0 Å². The molecule has 5 aromatic carbocycles. The normalized spacial score (nSPS) is 10.9. The van der Waals surface area contributed by atoms with Crippen molar-refractivity contribution < 1.29 is 0 Å². The lowest BCUT2D eigenvalue weighted by Crippen LogP contribution is -1.90. The molecule has 2 N–H and O–H groups in total. The second kappa shape index (κ2) is 8.78. The van der Waals surface area contributed by atoms with E-state index in [2.05, 4.69) is 91.5 Å². The number of thioether (sulfide) groups is 1. The van der Waals surface area contributed by atoms with Crippen LogP contribution in [0.2, 0.25) is 0 Å². The Bertz CT molecular complexity index is 1400. The summed E-state index contributed by atoms with van der Waals surface area (Å²) in [5.74, 6) is 0. The zero-order chi connectivity index (χ0) is 21.9. The fourth-order valence-electron chi connectivity index (χ4n) is 4.03. The molecule has 0 radical (unpaired) electrons. The highest BCUT2D eigenvalue weighted by atomic mass is 32.2. The number of nitrogens with two attached hydrogens (primary N) is 1. The minimum Gasteiger partial charge on any atom is -0.398 e. The van der Waals surface area contributed by atoms with Crippen molar-refractivity contribution in [1.29, 1.82) is 0 Å². The van der Waals surface area contributed by atoms with Crippen LogP contribution >= 0.6 is 11.8 Å². The predicted molar refractivity (Wildman–Crippen MR) is 141 cm³/mol. The Morgan fingerprint density at radius 1 is 0.562 bits per heavy atom. The summed E-state index contributed by atoms with van der Waals surface area (Å²) in [6.45, 7) is 4.37. The molecule has 0 aliphatic heterocycles. The van der Waals surface area contributed by atoms with Gasteiger partial charge in [0.15, 0.2) is 0 Å². The molecule has 5 rings (SSSR count). The van der Waals surface area contributed by atoms with E-state index in [0.29, 0.717) is 0 Å². The molecule has 0 fully saturated rings. The molecule has 0 aliphatic carbocycles. The predicted octanol–water partition coefficient (Wildman–Crippen LogP) is 8.52. The van der Waals surface area contributed by atoms with Gasteiger partial charge in [-0.2, -0.15) is 0 Å². The third-order valence-corrected chi connectivity index (χ3v) is 6.74. The lowest BCUT2D eigenvalue weighted by molar-refractivity contribution is 1.47. The van der Waals surface area contributed by atoms with Gasteiger partial charge in [-0.25, -0.2) is 0 Å². The number of nitrogen functional groups attached to an aromatic ring is 1. The Kier molecular flexibility index (Phi) is 5.53. The van der Waals surface area contributed by atoms with E-state index in [9.17, 15) is 0 Å². The molecule has 32 heavy (non-hydrogen) atoms. The average molecular weight is 430 g/mol. The number of rotatable bonds is 5. The highest BCUT2D eigenvalue weighted by Crippen LogP contribution is 2.41. The molecule has 0 saturated carbocycles. The summed E-state index contributed by atoms with van der Waals surface area (Å²) in [5.41, 5.74) is 12.9. The maximum absolute atomic E-state index is 6.15. The van der Waals surface area contributed by atoms with E-state index in [0.717, 1.165) is 21.1 Å². The van der Waals surface area contributed by atoms with Crippen molar-refractivity contribution in [2.45, 2.75) is 4.90 Å². The van der Waals surface area contributed by atoms with E-state index in [1.54, 1.807) is 11.8 Å². The lowest BCUT2D eigenvalue weighted by Gasteiger charge is -2.14. The molecule has 0 unspecified atom stereocenters. The molecule has 0 saturated heterocycles. The molecule has 0 amide bonds. The molecule has 0 bridgehead atoms. The fraction of sp³-hybridized carbons (Fsp3) is 0. The number of benzene rings is 5. The van der Waals surface area contributed by atoms with Crippen LogP contribution in [0.3, 0.4) is 0 Å². The van der Waals surface area contributed by atoms with Crippen LogP contribution in [0.25, 0.3) is 37.9 Å². The van der Waals surface area contributed by atoms with Crippen molar-refractivity contribution in [1.82, 2.24) is 0 Å². The van der Waals surface area contributed by atoms with Crippen molar-refractivity contribution in [2.75, 3.05) is 5.73 Å². The zero-order valence-electron chi connectivity index (χ0n) is 17.7. The monoisotopic (exact) mass is 429 g/mol. The fourth-order valence-corrected chi connectivity index (χ4v) is 4.91. The van der Waals surface area contributed by atoms with E-state index in [1.165, 1.54) is 33.0 Å². The van der Waals surface area contributed by atoms with Gasteiger partial charge in [-0.15, -0.1) is 0 Å². The number of hydrogen-bond donors (Lipinski definition) is 1. The molecule has 154 valence electrons. The highest BCUT2D eigenvalue weighted by molar-refractivity contribution is 8.08. The van der Waals surface area contributed by atoms with Gasteiger partial charge in [0.2, 0.25) is 0 Å². The van der Waals surface area contributed by atoms with Crippen LogP contribution in [0.5, 0.6) is 0 Å². The number of anilines is 1. The molecule has 0 heterocycles. The van der Waals surface area contributed by atoms with Crippen molar-refractivity contribution in [3.05, 3.63) is 127 Å². The zero-order valence-corrected chi connectivity index (χ0v) is 18.5. The smallest absolute Gasteiger partial charge is 0.0455 e. The highest BCUT2D eigenvalue weighted by Gasteiger charge is 2.12. The Labute approximate surface area is 193 Å². The molecule has 1 nitrogen and oxygen atoms in total. The second-order valence-electron chi connectivity index (χ2n) is 7.71. The molecule has 2 heteroatoms. The summed E-state index contributed by atoms with van der Waals surface area (Å²) in [7, 11) is 0. The second-order valence-corrected chi connectivity index (χ2v) is 8.85. The molecule has 0 aromatic heterocycles. The first kappa shape index (κ1) is 20.2. The number of fused-ring (bicyclic) bond motifs is 1. The van der Waals surface area contributed by atoms with Gasteiger partial charge >= 0.3 is 0 Å². The van der Waals surface area contributed by atoms with Gasteiger partial charge in [-0.3, -0.25) is 0 Å². The third-order valence-electron chi connectivity index (χ3n) is 5.68. The van der Waals surface area contributed by atoms with Crippen molar-refractivity contribution in [3.8, 4) is 22.3 Å². The minimum absolute atomic E-state index is 0.776. The summed E-state index contributed by atoms with van der Waals surface area (Å²) in [5, 5.41) is 2.42. The van der Waals surface area contributed by atoms with Gasteiger partial charge < -0.3 is 5.73 Å². The number of hydrogen-bond acceptors (Lipinski definition) is 2. The molecule has 5 aromatic rings. The van der Waals surface area contributed by atoms with E-state index in [4.69, 9.17) is 5.73 Å². The molecule has 0 atom stereocenters. The first-order chi connectivity index (χ1) is 15.7. The Morgan fingerprint density at radius 3 is 1.91 bits per heavy atom. The Morgan fingerprint density at radius 2 is 1.16 bits per heavy atom. The van der Waals surface area contributed by atoms with Crippen LogP contribution in [-0.4, -0.2) is 0 Å². The quantitative estimate of drug-likeness (QED) is 0.224. The molecular formula is C30H23NS. The summed E-state index contributed by atoms with van der Waals surface area (Å²) in [6, 6.07) is 40.1. The standard InChI is InChI=1S/C30H23NS/c1-21(32-30-14-8-7-13-29(30)31)25-19-20-26(28-12-6-5-11-27(25)28)24-17-15-23(16-18-24)22-9-3-2-4-10-22/h2-20H,1,31H2. The van der Waals surface area contributed by atoms with Gasteiger partial charge in [-0.05, 0) is 50.7 Å². The molecular weight excluding hydrogens is 406 g/mol. The molecule has 0 spiro atoms. The van der Waals surface area contributed by atoms with Crippen LogP contribution in [-0.2, 0) is 0 Å². The van der Waals surface area contributed by atoms with Crippen LogP contribution in [0.4, 0.5) is 5.69 Å². The maximum Gasteiger partial charge on any atom is 0.0455 e. The summed E-state index contributed by atoms with van der Waals surface area (Å²) in [4.78, 5) is 2.02. The first-order valence-electron chi connectivity index (χ1n) is 10.6. The van der Waals surface area contributed by atoms with Crippen LogP contribution in [0.1, 0.15) is 5.56 Å². The molecule has 0 aliphatic rings. The van der Waals surface area contributed by atoms with Gasteiger partial charge in [0.1, 0.15) is 0 Å². The van der Waals surface area contributed by atoms with Gasteiger partial charge in [0.25, 0.3) is 0 Å². The number of para-hydroxylation sites is 1. The van der Waals surface area contributed by atoms with Crippen molar-refractivity contribution in [3.63, 3.8) is 0 Å². The average Bonchev–Trinajstić information content (AvgIpc) is 2.85. The van der Waals surface area contributed by atoms with Crippen LogP contribution in [0.15, 0.2) is 127 Å². The lowest BCUT2D eigenvalue weighted by atomic mass is 9.94. The van der Waals surface area contributed by atoms with E-state index >= 15 is 0 Å². The summed E-state index contributed by atoms with van der Waals surface area (Å²) < 4.78 is 0. The van der Waals surface area contributed by atoms with Crippen LogP contribution < -0.4 is 5.73 Å². The third kappa shape index (κ3) is 3.93. The minimum atomic E-state index is 0.776. The summed E-state index contributed by atoms with van der Waals surface area (Å²) >= 11 is 1.62. The SMILES string of the molecule is C=C(Sc1ccccc1N)c1ccc(-c2ccc(-c3ccccc3)cc2)c2ccccc12. The summed E-state index contributed by atoms with van der Waals surface area (Å²) in [6.07, 6.45) is 0. The Hall–Kier alpha value is -3.75. The van der Waals surface area contributed by atoms with Gasteiger partial charge in [0.05, 0.1) is 0 Å². The van der Waals surface area contributed by atoms with E-state index in [1.807, 2.05) is 30.3 Å².